The van der Waals surface area contributed by atoms with Crippen LogP contribution < -0.4 is 0 Å². The molecule has 31 heavy (non-hydrogen) atoms. The molecular weight excluding hydrogens is 380 g/mol. The lowest BCUT2D eigenvalue weighted by Gasteiger charge is -2.39. The van der Waals surface area contributed by atoms with Gasteiger partial charge in [0.15, 0.2) is 0 Å². The molecule has 0 aromatic heterocycles. The molecule has 0 aliphatic heterocycles. The van der Waals surface area contributed by atoms with Crippen molar-refractivity contribution in [3.05, 3.63) is 108 Å². The predicted molar refractivity (Wildman–Crippen MR) is 127 cm³/mol. The largest absolute Gasteiger partial charge is 0.192 e. The van der Waals surface area contributed by atoms with Crippen LogP contribution in [0, 0.1) is 11.8 Å². The van der Waals surface area contributed by atoms with Gasteiger partial charge in [-0.3, -0.25) is 0 Å². The van der Waals surface area contributed by atoms with Gasteiger partial charge in [-0.1, -0.05) is 119 Å². The molecule has 0 saturated heterocycles. The quantitative estimate of drug-likeness (QED) is 0.244. The fourth-order valence-corrected chi connectivity index (χ4v) is 4.76. The highest BCUT2D eigenvalue weighted by atomic mass is 17.1. The minimum Gasteiger partial charge on any atom is -0.192 e. The summed E-state index contributed by atoms with van der Waals surface area (Å²) in [4.78, 5) is 5.28. The van der Waals surface area contributed by atoms with Gasteiger partial charge in [-0.05, 0) is 58.5 Å². The molecule has 0 amide bonds. The Hall–Kier alpha value is -2.42. The Morgan fingerprint density at radius 1 is 0.613 bits per heavy atom. The lowest BCUT2D eigenvalue weighted by Crippen LogP contribution is -2.35. The Morgan fingerprint density at radius 2 is 0.968 bits per heavy atom. The van der Waals surface area contributed by atoms with Crippen LogP contribution in [0.3, 0.4) is 0 Å². The van der Waals surface area contributed by atoms with Crippen molar-refractivity contribution in [2.75, 3.05) is 0 Å². The van der Waals surface area contributed by atoms with E-state index in [-0.39, 0.29) is 11.8 Å². The van der Waals surface area contributed by atoms with Crippen LogP contribution in [0.1, 0.15) is 69.1 Å². The van der Waals surface area contributed by atoms with Gasteiger partial charge in [-0.2, -0.15) is 4.89 Å². The van der Waals surface area contributed by atoms with Gasteiger partial charge < -0.3 is 0 Å². The molecule has 0 spiro atoms. The summed E-state index contributed by atoms with van der Waals surface area (Å²) in [5, 5.41) is 12.6. The molecule has 1 radical (unpaired) electrons. The first-order valence-electron chi connectivity index (χ1n) is 11.4. The van der Waals surface area contributed by atoms with Crippen LogP contribution in [0.5, 0.6) is 0 Å². The second kappa shape index (κ2) is 10.7. The third kappa shape index (κ3) is 5.64. The first-order valence-corrected chi connectivity index (χ1v) is 11.4. The molecule has 2 atom stereocenters. The average molecular weight is 416 g/mol. The Kier molecular flexibility index (Phi) is 8.06. The van der Waals surface area contributed by atoms with Crippen LogP contribution in [-0.4, -0.2) is 0 Å². The van der Waals surface area contributed by atoms with Crippen LogP contribution in [0.25, 0.3) is 0 Å². The van der Waals surface area contributed by atoms with Crippen molar-refractivity contribution in [1.82, 2.24) is 0 Å². The SMILES string of the molecule is CC(C)C(CC(CC(c1ccccc1)C(C)C)(O[O])c1ccccc1)c1ccccc1. The summed E-state index contributed by atoms with van der Waals surface area (Å²) in [5.41, 5.74) is 2.58. The molecule has 3 aromatic rings. The number of rotatable bonds is 10. The van der Waals surface area contributed by atoms with Crippen LogP contribution in [0.15, 0.2) is 91.0 Å². The summed E-state index contributed by atoms with van der Waals surface area (Å²) in [6.45, 7) is 8.93. The van der Waals surface area contributed by atoms with E-state index in [0.29, 0.717) is 24.7 Å². The average Bonchev–Trinajstić information content (AvgIpc) is 2.81. The highest BCUT2D eigenvalue weighted by Gasteiger charge is 2.41. The predicted octanol–water partition coefficient (Wildman–Crippen LogP) is 7.90. The molecule has 0 heterocycles. The van der Waals surface area contributed by atoms with Crippen molar-refractivity contribution in [3.8, 4) is 0 Å². The molecule has 3 aromatic carbocycles. The maximum atomic E-state index is 12.6. The summed E-state index contributed by atoms with van der Waals surface area (Å²) in [5.74, 6) is 1.21. The maximum Gasteiger partial charge on any atom is 0.133 e. The summed E-state index contributed by atoms with van der Waals surface area (Å²) in [6, 6.07) is 31.2. The molecule has 0 aliphatic carbocycles. The lowest BCUT2D eigenvalue weighted by atomic mass is 9.70. The van der Waals surface area contributed by atoms with E-state index in [9.17, 15) is 5.26 Å². The maximum absolute atomic E-state index is 12.6. The van der Waals surface area contributed by atoms with Crippen molar-refractivity contribution < 1.29 is 10.1 Å². The number of hydrogen-bond acceptors (Lipinski definition) is 1. The first-order chi connectivity index (χ1) is 15.0. The van der Waals surface area contributed by atoms with Crippen LogP contribution >= 0.6 is 0 Å². The Labute approximate surface area is 187 Å². The molecule has 0 bridgehead atoms. The van der Waals surface area contributed by atoms with Gasteiger partial charge in [0.1, 0.15) is 5.60 Å². The first kappa shape index (κ1) is 23.2. The Morgan fingerprint density at radius 3 is 1.29 bits per heavy atom. The zero-order valence-electron chi connectivity index (χ0n) is 19.2. The van der Waals surface area contributed by atoms with Crippen molar-refractivity contribution in [2.45, 2.75) is 58.0 Å². The number of benzene rings is 3. The van der Waals surface area contributed by atoms with Crippen molar-refractivity contribution in [3.63, 3.8) is 0 Å². The normalized spacial score (nSPS) is 15.6. The van der Waals surface area contributed by atoms with E-state index in [1.165, 1.54) is 11.1 Å². The van der Waals surface area contributed by atoms with Gasteiger partial charge in [0.05, 0.1) is 0 Å². The van der Waals surface area contributed by atoms with E-state index < -0.39 is 5.60 Å². The molecular formula is C29H35O2. The molecule has 0 saturated carbocycles. The third-order valence-electron chi connectivity index (χ3n) is 6.62. The van der Waals surface area contributed by atoms with Gasteiger partial charge in [-0.25, -0.2) is 0 Å². The lowest BCUT2D eigenvalue weighted by molar-refractivity contribution is -0.385. The third-order valence-corrected chi connectivity index (χ3v) is 6.62. The van der Waals surface area contributed by atoms with Crippen molar-refractivity contribution in [1.29, 1.82) is 0 Å². The van der Waals surface area contributed by atoms with E-state index in [0.717, 1.165) is 5.56 Å². The van der Waals surface area contributed by atoms with Crippen LogP contribution in [-0.2, 0) is 15.7 Å². The van der Waals surface area contributed by atoms with Gasteiger partial charge in [0, 0.05) is 0 Å². The van der Waals surface area contributed by atoms with E-state index in [2.05, 4.69) is 76.2 Å². The molecule has 0 aliphatic rings. The molecule has 3 rings (SSSR count). The zero-order valence-corrected chi connectivity index (χ0v) is 19.2. The summed E-state index contributed by atoms with van der Waals surface area (Å²) < 4.78 is 0. The second-order valence-electron chi connectivity index (χ2n) is 9.37. The monoisotopic (exact) mass is 415 g/mol. The van der Waals surface area contributed by atoms with Gasteiger partial charge in [-0.15, -0.1) is 0 Å². The van der Waals surface area contributed by atoms with Gasteiger partial charge in [0.2, 0.25) is 0 Å². The zero-order chi connectivity index (χ0) is 22.3. The van der Waals surface area contributed by atoms with E-state index >= 15 is 0 Å². The van der Waals surface area contributed by atoms with Gasteiger partial charge >= 0.3 is 0 Å². The highest BCUT2D eigenvalue weighted by Crippen LogP contribution is 2.46. The van der Waals surface area contributed by atoms with E-state index in [4.69, 9.17) is 4.89 Å². The molecule has 0 fully saturated rings. The van der Waals surface area contributed by atoms with E-state index in [1.807, 2.05) is 42.5 Å². The standard InChI is InChI=1S/C29H35O2/c1-22(2)27(24-14-8-5-9-15-24)20-29(31-30,26-18-12-7-13-19-26)21-28(23(3)4)25-16-10-6-11-17-25/h5-19,22-23,27-28H,20-21H2,1-4H3. The summed E-state index contributed by atoms with van der Waals surface area (Å²) in [6.07, 6.45) is 1.30. The fourth-order valence-electron chi connectivity index (χ4n) is 4.76. The van der Waals surface area contributed by atoms with Crippen molar-refractivity contribution in [2.24, 2.45) is 11.8 Å². The smallest absolute Gasteiger partial charge is 0.133 e. The van der Waals surface area contributed by atoms with Crippen molar-refractivity contribution >= 4 is 0 Å². The Balaban J connectivity index is 2.06. The van der Waals surface area contributed by atoms with Gasteiger partial charge in [0.25, 0.3) is 0 Å². The molecule has 2 unspecified atom stereocenters. The van der Waals surface area contributed by atoms with E-state index in [1.54, 1.807) is 0 Å². The van der Waals surface area contributed by atoms with Crippen LogP contribution in [0.2, 0.25) is 0 Å². The second-order valence-corrected chi connectivity index (χ2v) is 9.37. The summed E-state index contributed by atoms with van der Waals surface area (Å²) >= 11 is 0. The minimum atomic E-state index is -0.906. The summed E-state index contributed by atoms with van der Waals surface area (Å²) in [7, 11) is 0. The molecule has 2 nitrogen and oxygen atoms in total. The molecule has 163 valence electrons. The molecule has 0 N–H and O–H groups in total. The fraction of sp³-hybridized carbons (Fsp3) is 0.379. The Bertz CT molecular complexity index is 834. The van der Waals surface area contributed by atoms with Crippen LogP contribution in [0.4, 0.5) is 0 Å². The number of hydrogen-bond donors (Lipinski definition) is 0. The topological polar surface area (TPSA) is 29.1 Å². The minimum absolute atomic E-state index is 0.221. The molecule has 2 heteroatoms. The highest BCUT2D eigenvalue weighted by molar-refractivity contribution is 5.29.